The average Bonchev–Trinajstić information content (AvgIpc) is 2.80. The first kappa shape index (κ1) is 26.9. The third-order valence-electron chi connectivity index (χ3n) is 5.56. The number of aromatic nitrogens is 3. The van der Waals surface area contributed by atoms with Gasteiger partial charge in [-0.2, -0.15) is 13.2 Å². The molecular formula is C22H23F6N7O. The summed E-state index contributed by atoms with van der Waals surface area (Å²) < 4.78 is 80.4. The minimum Gasteiger partial charge on any atom is -0.393 e. The molecule has 0 radical (unpaired) electrons. The molecule has 194 valence electrons. The van der Waals surface area contributed by atoms with Crippen LogP contribution < -0.4 is 10.6 Å². The van der Waals surface area contributed by atoms with E-state index in [0.717, 1.165) is 17.2 Å². The molecule has 8 nitrogen and oxygen atoms in total. The minimum absolute atomic E-state index is 0.0400. The highest BCUT2D eigenvalue weighted by molar-refractivity contribution is 6.54. The Morgan fingerprint density at radius 3 is 2.44 bits per heavy atom. The maximum atomic E-state index is 14.4. The van der Waals surface area contributed by atoms with Gasteiger partial charge in [0.1, 0.15) is 11.5 Å². The normalized spacial score (nSPS) is 20.1. The monoisotopic (exact) mass is 515 g/mol. The number of anilines is 1. The van der Waals surface area contributed by atoms with Crippen LogP contribution in [-0.2, 0) is 11.0 Å². The van der Waals surface area contributed by atoms with Crippen LogP contribution in [0.5, 0.6) is 0 Å². The lowest BCUT2D eigenvalue weighted by molar-refractivity contribution is -0.145. The van der Waals surface area contributed by atoms with Gasteiger partial charge in [-0.3, -0.25) is 15.2 Å². The zero-order valence-electron chi connectivity index (χ0n) is 19.2. The van der Waals surface area contributed by atoms with E-state index >= 15 is 0 Å². The number of nitrogens with one attached hydrogen (secondary N) is 3. The van der Waals surface area contributed by atoms with E-state index in [1.165, 1.54) is 26.2 Å². The second-order valence-electron chi connectivity index (χ2n) is 8.30. The van der Waals surface area contributed by atoms with Crippen molar-refractivity contribution >= 4 is 23.1 Å². The number of carbonyl (C=O) groups is 1. The lowest BCUT2D eigenvalue weighted by Crippen LogP contribution is -2.59. The summed E-state index contributed by atoms with van der Waals surface area (Å²) in [6.45, 7) is 0.382. The fourth-order valence-electron chi connectivity index (χ4n) is 3.85. The van der Waals surface area contributed by atoms with Crippen molar-refractivity contribution in [2.75, 3.05) is 25.5 Å². The molecule has 36 heavy (non-hydrogen) atoms. The van der Waals surface area contributed by atoms with E-state index in [4.69, 9.17) is 5.41 Å². The molecule has 0 saturated carbocycles. The van der Waals surface area contributed by atoms with Crippen LogP contribution in [0.4, 0.5) is 32.3 Å². The van der Waals surface area contributed by atoms with Gasteiger partial charge in [-0.25, -0.2) is 23.1 Å². The van der Waals surface area contributed by atoms with Gasteiger partial charge in [-0.05, 0) is 18.1 Å². The Morgan fingerprint density at radius 1 is 1.22 bits per heavy atom. The van der Waals surface area contributed by atoms with Gasteiger partial charge in [0.2, 0.25) is 5.95 Å². The molecule has 0 aromatic carbocycles. The fourth-order valence-corrected chi connectivity index (χ4v) is 3.85. The first-order valence-electron chi connectivity index (χ1n) is 10.7. The van der Waals surface area contributed by atoms with Gasteiger partial charge in [0.25, 0.3) is 11.8 Å². The number of hydrogen-bond donors (Lipinski definition) is 3. The van der Waals surface area contributed by atoms with E-state index in [9.17, 15) is 31.1 Å². The Morgan fingerprint density at radius 2 is 1.89 bits per heavy atom. The molecule has 3 heterocycles. The molecule has 2 aromatic rings. The molecule has 3 N–H and O–H groups in total. The van der Waals surface area contributed by atoms with Gasteiger partial charge in [-0.15, -0.1) is 0 Å². The summed E-state index contributed by atoms with van der Waals surface area (Å²) in [5, 5.41) is 13.8. The number of alkyl halides is 5. The van der Waals surface area contributed by atoms with Crippen LogP contribution in [0.15, 0.2) is 36.9 Å². The molecule has 2 unspecified atom stereocenters. The van der Waals surface area contributed by atoms with Crippen LogP contribution in [0.3, 0.4) is 0 Å². The van der Waals surface area contributed by atoms with Gasteiger partial charge in [0.15, 0.2) is 0 Å². The van der Waals surface area contributed by atoms with Crippen molar-refractivity contribution in [2.24, 2.45) is 5.92 Å². The minimum atomic E-state index is -4.62. The van der Waals surface area contributed by atoms with Crippen LogP contribution in [0, 0.1) is 17.1 Å². The predicted molar refractivity (Wildman–Crippen MR) is 119 cm³/mol. The van der Waals surface area contributed by atoms with Crippen molar-refractivity contribution in [3.63, 3.8) is 0 Å². The number of likely N-dealkylation sites (tertiary alicyclic amines) is 1. The fraction of sp³-hybridized carbons (Fsp3) is 0.409. The van der Waals surface area contributed by atoms with Crippen molar-refractivity contribution in [3.8, 4) is 0 Å². The highest BCUT2D eigenvalue weighted by Crippen LogP contribution is 2.35. The highest BCUT2D eigenvalue weighted by Gasteiger charge is 2.47. The number of pyridine rings is 1. The third kappa shape index (κ3) is 6.29. The van der Waals surface area contributed by atoms with Crippen LogP contribution >= 0.6 is 0 Å². The van der Waals surface area contributed by atoms with E-state index in [0.29, 0.717) is 12.4 Å². The zero-order valence-corrected chi connectivity index (χ0v) is 19.2. The molecule has 14 heteroatoms. The zero-order chi connectivity index (χ0) is 26.7. The smallest absolute Gasteiger partial charge is 0.393 e. The standard InChI is InChI=1S/C22H23F6N7O/c1-12-5-21(24,25)11-35(17(12)10-34-20-32-6-13(7-33-20)22(26,27)28)19(36)18(29)15(9-30-2)16-4-3-14(23)8-31-16/h3-4,6-9,12,17,29-30H,5,10-11H2,1-2H3,(H,32,33,34)/b15-9-,29-18?. The quantitative estimate of drug-likeness (QED) is 0.385. The maximum absolute atomic E-state index is 14.4. The Kier molecular flexibility index (Phi) is 7.84. The molecule has 0 bridgehead atoms. The van der Waals surface area contributed by atoms with E-state index in [-0.39, 0.29) is 23.8 Å². The summed E-state index contributed by atoms with van der Waals surface area (Å²) in [4.78, 5) is 25.2. The summed E-state index contributed by atoms with van der Waals surface area (Å²) >= 11 is 0. The highest BCUT2D eigenvalue weighted by atomic mass is 19.4. The number of hydrogen-bond acceptors (Lipinski definition) is 7. The maximum Gasteiger partial charge on any atom is 0.419 e. The van der Waals surface area contributed by atoms with Gasteiger partial charge < -0.3 is 15.5 Å². The molecule has 1 amide bonds. The van der Waals surface area contributed by atoms with Crippen LogP contribution in [-0.4, -0.2) is 63.6 Å². The first-order chi connectivity index (χ1) is 16.8. The van der Waals surface area contributed by atoms with Gasteiger partial charge >= 0.3 is 6.18 Å². The van der Waals surface area contributed by atoms with Gasteiger partial charge in [0.05, 0.1) is 30.0 Å². The summed E-state index contributed by atoms with van der Waals surface area (Å²) in [7, 11) is 1.50. The van der Waals surface area contributed by atoms with Crippen molar-refractivity contribution in [1.82, 2.24) is 25.2 Å². The van der Waals surface area contributed by atoms with Crippen molar-refractivity contribution in [3.05, 3.63) is 54.0 Å². The van der Waals surface area contributed by atoms with Crippen LogP contribution in [0.25, 0.3) is 5.57 Å². The Labute approximate surface area is 202 Å². The van der Waals surface area contributed by atoms with E-state index < -0.39 is 60.0 Å². The van der Waals surface area contributed by atoms with Crippen molar-refractivity contribution in [2.45, 2.75) is 31.5 Å². The Bertz CT molecular complexity index is 1120. The molecule has 0 spiro atoms. The first-order valence-corrected chi connectivity index (χ1v) is 10.7. The number of carbonyl (C=O) groups excluding carboxylic acids is 1. The third-order valence-corrected chi connectivity index (χ3v) is 5.56. The molecule has 1 aliphatic rings. The van der Waals surface area contributed by atoms with E-state index in [1.807, 2.05) is 0 Å². The molecule has 1 saturated heterocycles. The van der Waals surface area contributed by atoms with Crippen molar-refractivity contribution in [1.29, 1.82) is 5.41 Å². The van der Waals surface area contributed by atoms with Crippen LogP contribution in [0.1, 0.15) is 24.6 Å². The summed E-state index contributed by atoms with van der Waals surface area (Å²) in [6, 6.07) is 1.46. The van der Waals surface area contributed by atoms with Gasteiger partial charge in [0, 0.05) is 44.2 Å². The molecule has 1 fully saturated rings. The SMILES string of the molecule is CN/C=C(\C(=N)C(=O)N1CC(F)(F)CC(C)C1CNc1ncc(C(F)(F)F)cn1)c1ccc(F)cn1. The van der Waals surface area contributed by atoms with Crippen molar-refractivity contribution < 1.29 is 31.1 Å². The number of amides is 1. The second-order valence-corrected chi connectivity index (χ2v) is 8.30. The van der Waals surface area contributed by atoms with E-state index in [1.54, 1.807) is 0 Å². The summed E-state index contributed by atoms with van der Waals surface area (Å²) in [6.07, 6.45) is -1.83. The molecule has 2 aromatic heterocycles. The molecule has 2 atom stereocenters. The predicted octanol–water partition coefficient (Wildman–Crippen LogP) is 3.59. The molecule has 3 rings (SSSR count). The largest absolute Gasteiger partial charge is 0.419 e. The summed E-state index contributed by atoms with van der Waals surface area (Å²) in [5.74, 6) is -5.80. The average molecular weight is 515 g/mol. The summed E-state index contributed by atoms with van der Waals surface area (Å²) in [5.41, 5.74) is -1.66. The van der Waals surface area contributed by atoms with Gasteiger partial charge in [-0.1, -0.05) is 6.92 Å². The topological polar surface area (TPSA) is 107 Å². The lowest BCUT2D eigenvalue weighted by Gasteiger charge is -2.43. The van der Waals surface area contributed by atoms with Crippen LogP contribution in [0.2, 0.25) is 0 Å². The second kappa shape index (κ2) is 10.5. The molecule has 1 aliphatic heterocycles. The number of piperidine rings is 1. The lowest BCUT2D eigenvalue weighted by atomic mass is 9.87. The van der Waals surface area contributed by atoms with E-state index in [2.05, 4.69) is 25.6 Å². The number of rotatable bonds is 7. The molecule has 0 aliphatic carbocycles. The Balaban J connectivity index is 1.84. The number of halogens is 6. The Hall–Kier alpha value is -3.71. The molecular weight excluding hydrogens is 492 g/mol. The number of nitrogens with zero attached hydrogens (tertiary/aromatic N) is 4.